The molecule has 0 spiro atoms. The molecule has 21 heavy (non-hydrogen) atoms. The van der Waals surface area contributed by atoms with E-state index in [9.17, 15) is 21.6 Å². The van der Waals surface area contributed by atoms with Crippen molar-refractivity contribution in [1.29, 1.82) is 0 Å². The maximum atomic E-state index is 12.6. The van der Waals surface area contributed by atoms with Crippen molar-refractivity contribution in [3.63, 3.8) is 0 Å². The lowest BCUT2D eigenvalue weighted by Gasteiger charge is -2.32. The SMILES string of the molecule is Cc1ccc(S(=O)(=O)N2CCC(C(F)(F)F)CC2)c(N)c1. The topological polar surface area (TPSA) is 63.4 Å². The van der Waals surface area contributed by atoms with Crippen LogP contribution >= 0.6 is 0 Å². The van der Waals surface area contributed by atoms with Gasteiger partial charge in [-0.1, -0.05) is 6.07 Å². The normalized spacial score (nSPS) is 18.9. The minimum Gasteiger partial charge on any atom is -0.398 e. The van der Waals surface area contributed by atoms with Crippen LogP contribution in [-0.4, -0.2) is 32.0 Å². The first-order valence-electron chi connectivity index (χ1n) is 6.55. The molecule has 1 aromatic carbocycles. The largest absolute Gasteiger partial charge is 0.398 e. The van der Waals surface area contributed by atoms with Crippen LogP contribution in [0.15, 0.2) is 23.1 Å². The number of halogens is 3. The zero-order chi connectivity index (χ0) is 15.8. The van der Waals surface area contributed by atoms with Gasteiger partial charge in [0.25, 0.3) is 0 Å². The van der Waals surface area contributed by atoms with E-state index in [1.165, 1.54) is 12.1 Å². The molecular formula is C13H17F3N2O2S. The number of nitrogen functional groups attached to an aromatic ring is 1. The van der Waals surface area contributed by atoms with Crippen molar-refractivity contribution in [2.75, 3.05) is 18.8 Å². The molecule has 0 radical (unpaired) electrons. The molecule has 0 unspecified atom stereocenters. The Morgan fingerprint density at radius 1 is 1.24 bits per heavy atom. The third-order valence-corrected chi connectivity index (χ3v) is 5.67. The summed E-state index contributed by atoms with van der Waals surface area (Å²) in [6.45, 7) is 1.50. The van der Waals surface area contributed by atoms with Gasteiger partial charge >= 0.3 is 6.18 Å². The molecule has 118 valence electrons. The summed E-state index contributed by atoms with van der Waals surface area (Å²) in [7, 11) is -3.84. The van der Waals surface area contributed by atoms with E-state index in [0.717, 1.165) is 9.87 Å². The average Bonchev–Trinajstić information content (AvgIpc) is 2.37. The summed E-state index contributed by atoms with van der Waals surface area (Å²) in [6.07, 6.45) is -4.69. The Hall–Kier alpha value is -1.28. The predicted octanol–water partition coefficient (Wildman–Crippen LogP) is 2.54. The molecule has 1 aliphatic heterocycles. The molecule has 0 amide bonds. The van der Waals surface area contributed by atoms with Crippen LogP contribution in [0.3, 0.4) is 0 Å². The third kappa shape index (κ3) is 3.32. The number of hydrogen-bond acceptors (Lipinski definition) is 3. The van der Waals surface area contributed by atoms with E-state index >= 15 is 0 Å². The van der Waals surface area contributed by atoms with E-state index in [0.29, 0.717) is 0 Å². The Morgan fingerprint density at radius 2 is 1.81 bits per heavy atom. The number of nitrogens with zero attached hydrogens (tertiary/aromatic N) is 1. The van der Waals surface area contributed by atoms with Crippen LogP contribution in [0, 0.1) is 12.8 Å². The monoisotopic (exact) mass is 322 g/mol. The zero-order valence-corrected chi connectivity index (χ0v) is 12.3. The lowest BCUT2D eigenvalue weighted by atomic mass is 9.98. The molecule has 0 bridgehead atoms. The summed E-state index contributed by atoms with van der Waals surface area (Å²) >= 11 is 0. The number of anilines is 1. The van der Waals surface area contributed by atoms with Gasteiger partial charge in [0, 0.05) is 13.1 Å². The molecule has 2 N–H and O–H groups in total. The fourth-order valence-electron chi connectivity index (χ4n) is 2.47. The van der Waals surface area contributed by atoms with E-state index in [1.54, 1.807) is 13.0 Å². The second-order valence-electron chi connectivity index (χ2n) is 5.26. The molecular weight excluding hydrogens is 305 g/mol. The van der Waals surface area contributed by atoms with E-state index in [1.807, 2.05) is 0 Å². The van der Waals surface area contributed by atoms with Crippen molar-refractivity contribution in [2.24, 2.45) is 5.92 Å². The van der Waals surface area contributed by atoms with Gasteiger partial charge in [0.2, 0.25) is 10.0 Å². The van der Waals surface area contributed by atoms with Crippen LogP contribution in [0.1, 0.15) is 18.4 Å². The Balaban J connectivity index is 2.19. The highest BCUT2D eigenvalue weighted by molar-refractivity contribution is 7.89. The van der Waals surface area contributed by atoms with E-state index < -0.39 is 22.1 Å². The maximum absolute atomic E-state index is 12.6. The number of alkyl halides is 3. The fourth-order valence-corrected chi connectivity index (χ4v) is 4.03. The Kier molecular flexibility index (Phi) is 4.21. The highest BCUT2D eigenvalue weighted by Crippen LogP contribution is 2.36. The van der Waals surface area contributed by atoms with E-state index in [2.05, 4.69) is 0 Å². The summed E-state index contributed by atoms with van der Waals surface area (Å²) in [6, 6.07) is 4.55. The molecule has 0 atom stereocenters. The molecule has 4 nitrogen and oxygen atoms in total. The van der Waals surface area contributed by atoms with Crippen LogP contribution in [0.2, 0.25) is 0 Å². The lowest BCUT2D eigenvalue weighted by molar-refractivity contribution is -0.182. The average molecular weight is 322 g/mol. The van der Waals surface area contributed by atoms with Crippen molar-refractivity contribution in [3.05, 3.63) is 23.8 Å². The molecule has 1 saturated heterocycles. The van der Waals surface area contributed by atoms with Gasteiger partial charge in [-0.2, -0.15) is 17.5 Å². The first-order valence-corrected chi connectivity index (χ1v) is 7.99. The van der Waals surface area contributed by atoms with Gasteiger partial charge in [-0.3, -0.25) is 0 Å². The van der Waals surface area contributed by atoms with Crippen LogP contribution < -0.4 is 5.73 Å². The van der Waals surface area contributed by atoms with Crippen molar-refractivity contribution < 1.29 is 21.6 Å². The maximum Gasteiger partial charge on any atom is 0.391 e. The first-order chi connectivity index (χ1) is 9.62. The van der Waals surface area contributed by atoms with Crippen molar-refractivity contribution in [1.82, 2.24) is 4.31 Å². The zero-order valence-electron chi connectivity index (χ0n) is 11.5. The van der Waals surface area contributed by atoms with Crippen molar-refractivity contribution in [2.45, 2.75) is 30.8 Å². The first kappa shape index (κ1) is 16.1. The summed E-state index contributed by atoms with van der Waals surface area (Å²) in [5, 5.41) is 0. The molecule has 0 aromatic heterocycles. The van der Waals surface area contributed by atoms with Gasteiger partial charge < -0.3 is 5.73 Å². The van der Waals surface area contributed by atoms with Crippen molar-refractivity contribution >= 4 is 15.7 Å². The second kappa shape index (κ2) is 5.49. The Bertz CT molecular complexity index is 621. The molecule has 1 fully saturated rings. The highest BCUT2D eigenvalue weighted by Gasteiger charge is 2.43. The fraction of sp³-hybridized carbons (Fsp3) is 0.538. The van der Waals surface area contributed by atoms with E-state index in [-0.39, 0.29) is 36.5 Å². The van der Waals surface area contributed by atoms with Crippen molar-refractivity contribution in [3.8, 4) is 0 Å². The number of sulfonamides is 1. The number of piperidine rings is 1. The number of hydrogen-bond donors (Lipinski definition) is 1. The number of aryl methyl sites for hydroxylation is 1. The van der Waals surface area contributed by atoms with E-state index in [4.69, 9.17) is 5.73 Å². The van der Waals surface area contributed by atoms with Crippen LogP contribution in [0.25, 0.3) is 0 Å². The van der Waals surface area contributed by atoms with Gasteiger partial charge in [-0.05, 0) is 37.5 Å². The minimum atomic E-state index is -4.27. The molecule has 2 rings (SSSR count). The molecule has 0 saturated carbocycles. The molecule has 1 heterocycles. The second-order valence-corrected chi connectivity index (χ2v) is 7.17. The Labute approximate surface area is 121 Å². The predicted molar refractivity (Wildman–Crippen MR) is 73.1 cm³/mol. The molecule has 0 aliphatic carbocycles. The summed E-state index contributed by atoms with van der Waals surface area (Å²) < 4.78 is 63.8. The third-order valence-electron chi connectivity index (χ3n) is 3.70. The molecule has 1 aromatic rings. The minimum absolute atomic E-state index is 0.0430. The smallest absolute Gasteiger partial charge is 0.391 e. The summed E-state index contributed by atoms with van der Waals surface area (Å²) in [5.74, 6) is -1.43. The number of rotatable bonds is 2. The Morgan fingerprint density at radius 3 is 2.29 bits per heavy atom. The lowest BCUT2D eigenvalue weighted by Crippen LogP contribution is -2.42. The summed E-state index contributed by atoms with van der Waals surface area (Å²) in [5.41, 5.74) is 6.66. The quantitative estimate of drug-likeness (QED) is 0.851. The molecule has 8 heteroatoms. The van der Waals surface area contributed by atoms with Gasteiger partial charge in [0.1, 0.15) is 4.90 Å². The van der Waals surface area contributed by atoms with Crippen LogP contribution in [0.5, 0.6) is 0 Å². The standard InChI is InChI=1S/C13H17F3N2O2S/c1-9-2-3-12(11(17)8-9)21(19,20)18-6-4-10(5-7-18)13(14,15)16/h2-3,8,10H,4-7,17H2,1H3. The number of nitrogens with two attached hydrogens (primary N) is 1. The van der Waals surface area contributed by atoms with Crippen LogP contribution in [-0.2, 0) is 10.0 Å². The highest BCUT2D eigenvalue weighted by atomic mass is 32.2. The number of benzene rings is 1. The molecule has 1 aliphatic rings. The summed E-state index contributed by atoms with van der Waals surface area (Å²) in [4.78, 5) is -0.0430. The van der Waals surface area contributed by atoms with Gasteiger partial charge in [-0.15, -0.1) is 0 Å². The van der Waals surface area contributed by atoms with Gasteiger partial charge in [0.05, 0.1) is 11.6 Å². The van der Waals surface area contributed by atoms with Gasteiger partial charge in [0.15, 0.2) is 0 Å². The van der Waals surface area contributed by atoms with Crippen LogP contribution in [0.4, 0.5) is 18.9 Å². The van der Waals surface area contributed by atoms with Gasteiger partial charge in [-0.25, -0.2) is 8.42 Å².